The second kappa shape index (κ2) is 7.25. The standard InChI is InChI=1S/C18H24N2O2/c1-5-10-20(18(21)13(2)3)12-16-11-17(19-22-16)15-8-6-14(4)7-9-15/h5-9,13,16H,1,10-12H2,2-4H3/t16-/m0/s1. The van der Waals surface area contributed by atoms with Crippen LogP contribution < -0.4 is 0 Å². The molecule has 0 saturated heterocycles. The van der Waals surface area contributed by atoms with Crippen molar-refractivity contribution in [3.05, 3.63) is 48.0 Å². The molecule has 1 aliphatic rings. The maximum absolute atomic E-state index is 12.2. The van der Waals surface area contributed by atoms with Gasteiger partial charge in [-0.15, -0.1) is 6.58 Å². The minimum absolute atomic E-state index is 0.0289. The van der Waals surface area contributed by atoms with Crippen LogP contribution in [0.3, 0.4) is 0 Å². The SMILES string of the molecule is C=CCN(C[C@@H]1CC(c2ccc(C)cc2)=NO1)C(=O)C(C)C. The lowest BCUT2D eigenvalue weighted by atomic mass is 10.0. The third-order valence-corrected chi connectivity index (χ3v) is 3.70. The first-order chi connectivity index (χ1) is 10.5. The number of carbonyl (C=O) groups is 1. The van der Waals surface area contributed by atoms with E-state index in [-0.39, 0.29) is 17.9 Å². The fraction of sp³-hybridized carbons (Fsp3) is 0.444. The lowest BCUT2D eigenvalue weighted by molar-refractivity contribution is -0.135. The van der Waals surface area contributed by atoms with E-state index in [2.05, 4.69) is 42.9 Å². The molecule has 22 heavy (non-hydrogen) atoms. The van der Waals surface area contributed by atoms with Gasteiger partial charge in [0.1, 0.15) is 0 Å². The van der Waals surface area contributed by atoms with E-state index in [4.69, 9.17) is 4.84 Å². The molecule has 1 atom stereocenters. The highest BCUT2D eigenvalue weighted by Gasteiger charge is 2.27. The minimum atomic E-state index is -0.0843. The highest BCUT2D eigenvalue weighted by Crippen LogP contribution is 2.18. The topological polar surface area (TPSA) is 41.9 Å². The van der Waals surface area contributed by atoms with E-state index in [1.54, 1.807) is 11.0 Å². The van der Waals surface area contributed by atoms with E-state index in [0.29, 0.717) is 13.1 Å². The molecule has 1 aromatic carbocycles. The van der Waals surface area contributed by atoms with Crippen LogP contribution in [0.4, 0.5) is 0 Å². The maximum atomic E-state index is 12.2. The average molecular weight is 300 g/mol. The van der Waals surface area contributed by atoms with Crippen LogP contribution >= 0.6 is 0 Å². The third kappa shape index (κ3) is 3.97. The zero-order valence-corrected chi connectivity index (χ0v) is 13.6. The highest BCUT2D eigenvalue weighted by molar-refractivity contribution is 6.01. The van der Waals surface area contributed by atoms with Crippen LogP contribution in [0.25, 0.3) is 0 Å². The van der Waals surface area contributed by atoms with Gasteiger partial charge in [0.25, 0.3) is 0 Å². The Kier molecular flexibility index (Phi) is 5.36. The number of rotatable bonds is 6. The maximum Gasteiger partial charge on any atom is 0.225 e. The van der Waals surface area contributed by atoms with Gasteiger partial charge in [0.05, 0.1) is 12.3 Å². The number of nitrogens with zero attached hydrogens (tertiary/aromatic N) is 2. The molecule has 0 aromatic heterocycles. The Labute approximate surface area is 132 Å². The highest BCUT2D eigenvalue weighted by atomic mass is 16.6. The van der Waals surface area contributed by atoms with Crippen LogP contribution in [-0.4, -0.2) is 35.7 Å². The van der Waals surface area contributed by atoms with Crippen LogP contribution in [0.15, 0.2) is 42.1 Å². The lowest BCUT2D eigenvalue weighted by Gasteiger charge is -2.25. The normalized spacial score (nSPS) is 17.1. The van der Waals surface area contributed by atoms with Crippen LogP contribution in [0.2, 0.25) is 0 Å². The molecular weight excluding hydrogens is 276 g/mol. The number of aryl methyl sites for hydroxylation is 1. The van der Waals surface area contributed by atoms with Crippen LogP contribution in [-0.2, 0) is 9.63 Å². The predicted octanol–water partition coefficient (Wildman–Crippen LogP) is 3.16. The molecule has 0 unspecified atom stereocenters. The second-order valence-electron chi connectivity index (χ2n) is 6.02. The Morgan fingerprint density at radius 2 is 2.14 bits per heavy atom. The van der Waals surface area contributed by atoms with Gasteiger partial charge in [0.2, 0.25) is 5.91 Å². The molecule has 1 aromatic rings. The number of hydrogen-bond donors (Lipinski definition) is 0. The summed E-state index contributed by atoms with van der Waals surface area (Å²) < 4.78 is 0. The van der Waals surface area contributed by atoms with E-state index < -0.39 is 0 Å². The van der Waals surface area contributed by atoms with Gasteiger partial charge >= 0.3 is 0 Å². The largest absolute Gasteiger partial charge is 0.390 e. The van der Waals surface area contributed by atoms with Crippen molar-refractivity contribution in [3.8, 4) is 0 Å². The molecule has 0 N–H and O–H groups in total. The Morgan fingerprint density at radius 3 is 2.73 bits per heavy atom. The molecule has 2 rings (SSSR count). The van der Waals surface area contributed by atoms with Gasteiger partial charge in [-0.2, -0.15) is 0 Å². The van der Waals surface area contributed by atoms with Crippen molar-refractivity contribution in [1.82, 2.24) is 4.90 Å². The summed E-state index contributed by atoms with van der Waals surface area (Å²) in [6, 6.07) is 8.25. The van der Waals surface area contributed by atoms with Crippen molar-refractivity contribution in [2.24, 2.45) is 11.1 Å². The zero-order valence-electron chi connectivity index (χ0n) is 13.6. The number of hydrogen-bond acceptors (Lipinski definition) is 3. The third-order valence-electron chi connectivity index (χ3n) is 3.70. The second-order valence-corrected chi connectivity index (χ2v) is 6.02. The van der Waals surface area contributed by atoms with Crippen LogP contribution in [0.1, 0.15) is 31.4 Å². The van der Waals surface area contributed by atoms with Gasteiger partial charge in [-0.3, -0.25) is 4.79 Å². The van der Waals surface area contributed by atoms with Crippen LogP contribution in [0, 0.1) is 12.8 Å². The van der Waals surface area contributed by atoms with Gasteiger partial charge in [0.15, 0.2) is 6.10 Å². The van der Waals surface area contributed by atoms with Gasteiger partial charge in [-0.05, 0) is 12.5 Å². The van der Waals surface area contributed by atoms with Gasteiger partial charge in [-0.1, -0.05) is 54.9 Å². The molecule has 0 saturated carbocycles. The first-order valence-electron chi connectivity index (χ1n) is 7.70. The van der Waals surface area contributed by atoms with E-state index >= 15 is 0 Å². The van der Waals surface area contributed by atoms with Crippen molar-refractivity contribution in [1.29, 1.82) is 0 Å². The summed E-state index contributed by atoms with van der Waals surface area (Å²) in [5, 5.41) is 4.19. The summed E-state index contributed by atoms with van der Waals surface area (Å²) >= 11 is 0. The zero-order chi connectivity index (χ0) is 16.1. The minimum Gasteiger partial charge on any atom is -0.390 e. The molecule has 0 radical (unpaired) electrons. The van der Waals surface area contributed by atoms with Crippen molar-refractivity contribution in [3.63, 3.8) is 0 Å². The molecular formula is C18H24N2O2. The number of oxime groups is 1. The number of benzene rings is 1. The summed E-state index contributed by atoms with van der Waals surface area (Å²) in [5.74, 6) is 0.0890. The Hall–Kier alpha value is -2.10. The summed E-state index contributed by atoms with van der Waals surface area (Å²) in [4.78, 5) is 19.5. The van der Waals surface area contributed by atoms with Crippen molar-refractivity contribution in [2.75, 3.05) is 13.1 Å². The monoisotopic (exact) mass is 300 g/mol. The summed E-state index contributed by atoms with van der Waals surface area (Å²) in [5.41, 5.74) is 3.25. The van der Waals surface area contributed by atoms with E-state index in [1.165, 1.54) is 5.56 Å². The Balaban J connectivity index is 1.97. The summed E-state index contributed by atoms with van der Waals surface area (Å²) in [7, 11) is 0. The predicted molar refractivity (Wildman–Crippen MR) is 88.8 cm³/mol. The fourth-order valence-corrected chi connectivity index (χ4v) is 2.46. The van der Waals surface area contributed by atoms with Gasteiger partial charge < -0.3 is 9.74 Å². The molecule has 0 fully saturated rings. The molecule has 118 valence electrons. The average Bonchev–Trinajstić information content (AvgIpc) is 2.95. The summed E-state index contributed by atoms with van der Waals surface area (Å²) in [6.07, 6.45) is 2.39. The van der Waals surface area contributed by atoms with Crippen LogP contribution in [0.5, 0.6) is 0 Å². The summed E-state index contributed by atoms with van der Waals surface area (Å²) in [6.45, 7) is 10.7. The molecule has 0 aliphatic carbocycles. The van der Waals surface area contributed by atoms with Crippen molar-refractivity contribution < 1.29 is 9.63 Å². The van der Waals surface area contributed by atoms with E-state index in [9.17, 15) is 4.79 Å². The molecule has 4 nitrogen and oxygen atoms in total. The Morgan fingerprint density at radius 1 is 1.45 bits per heavy atom. The quantitative estimate of drug-likeness (QED) is 0.757. The van der Waals surface area contributed by atoms with Gasteiger partial charge in [0, 0.05) is 18.9 Å². The van der Waals surface area contributed by atoms with E-state index in [0.717, 1.165) is 17.7 Å². The first-order valence-corrected chi connectivity index (χ1v) is 7.70. The first kappa shape index (κ1) is 16.3. The molecule has 0 spiro atoms. The number of amides is 1. The fourth-order valence-electron chi connectivity index (χ4n) is 2.46. The van der Waals surface area contributed by atoms with Gasteiger partial charge in [-0.25, -0.2) is 0 Å². The molecule has 1 heterocycles. The number of carbonyl (C=O) groups excluding carboxylic acids is 1. The lowest BCUT2D eigenvalue weighted by Crippen LogP contribution is -2.40. The van der Waals surface area contributed by atoms with Crippen molar-refractivity contribution >= 4 is 11.6 Å². The van der Waals surface area contributed by atoms with E-state index in [1.807, 2.05) is 13.8 Å². The molecule has 0 bridgehead atoms. The molecule has 1 amide bonds. The smallest absolute Gasteiger partial charge is 0.225 e. The molecule has 4 heteroatoms. The van der Waals surface area contributed by atoms with Crippen molar-refractivity contribution in [2.45, 2.75) is 33.3 Å². The Bertz CT molecular complexity index is 561. The molecule has 1 aliphatic heterocycles.